The summed E-state index contributed by atoms with van der Waals surface area (Å²) in [5, 5.41) is 179. The molecule has 32 nitrogen and oxygen atoms in total. The minimum atomic E-state index is -2.06. The number of allylic oxidation sites excluding steroid dienone is 1. The van der Waals surface area contributed by atoms with Gasteiger partial charge in [-0.1, -0.05) is 52.7 Å². The summed E-state index contributed by atoms with van der Waals surface area (Å²) in [6.07, 6.45) is -40.2. The Kier molecular flexibility index (Phi) is 24.5. The lowest BCUT2D eigenvalue weighted by Crippen LogP contribution is -2.67. The number of carbonyl (C=O) groups is 1. The van der Waals surface area contributed by atoms with Gasteiger partial charge >= 0.3 is 5.97 Å². The fourth-order valence-corrected chi connectivity index (χ4v) is 19.1. The van der Waals surface area contributed by atoms with Gasteiger partial charge in [0.15, 0.2) is 31.5 Å². The molecule has 1 spiro atoms. The summed E-state index contributed by atoms with van der Waals surface area (Å²) in [5.74, 6) is -0.00344. The van der Waals surface area contributed by atoms with Crippen molar-refractivity contribution < 1.29 is 158 Å². The molecule has 3 saturated carbocycles. The van der Waals surface area contributed by atoms with Gasteiger partial charge in [0, 0.05) is 20.1 Å². The highest BCUT2D eigenvalue weighted by atomic mass is 16.8. The molecule has 4 aliphatic carbocycles. The number of rotatable bonds is 23. The van der Waals surface area contributed by atoms with E-state index in [1.54, 1.807) is 0 Å². The van der Waals surface area contributed by atoms with Crippen molar-refractivity contribution >= 4 is 5.97 Å². The molecule has 99 heavy (non-hydrogen) atoms. The Hall–Kier alpha value is -1.99. The number of carbonyl (C=O) groups excluding carboxylic acids is 1. The molecule has 0 aromatic heterocycles. The first-order valence-electron chi connectivity index (χ1n) is 35.3. The number of fused-ring (bicyclic) bond motifs is 4. The molecule has 0 aromatic rings. The summed E-state index contributed by atoms with van der Waals surface area (Å²) < 4.78 is 90.1. The molecule has 0 radical (unpaired) electrons. The molecule has 7 heterocycles. The number of ether oxygens (including phenoxy) is 15. The van der Waals surface area contributed by atoms with Crippen molar-refractivity contribution in [1.29, 1.82) is 0 Å². The monoisotopic (exact) mass is 1430 g/mol. The zero-order valence-electron chi connectivity index (χ0n) is 57.7. The number of methoxy groups -OCH3 is 2. The van der Waals surface area contributed by atoms with E-state index >= 15 is 0 Å². The number of esters is 1. The predicted octanol–water partition coefficient (Wildman–Crippen LogP) is -4.38. The van der Waals surface area contributed by atoms with Gasteiger partial charge in [-0.2, -0.15) is 0 Å². The SMILES string of the molecule is CO[C@@H]1[C@@H](O)[C@H](CO[C@H]2[C@H](O)[C@@H](O)[C@H](O[C@@H]3CO[C@@H](O[C@@H]4CC[C@H]5C6=C[C@H](O)[C@@]78C(=O)O[C@@](C)(CCCC(C)C)[C@H]7CC[C@@]8(C)[C@H]6CC[C@H]5C4(C)C)[C@H](O[C@@H]4O[C@H](C)[C@@H](O[C@@H]5O[C@H](CO)[C@@H](O)[C@H](O[C@@H]6O[C@H](CO)[C@@H](O)[C@H](OC)[C@H]6O)[C@H]5O)[C@H](O)[C@H]4O)[C@H]3O)O[C@@H]2CO)O[C@H](CO)[C@H]1O. The Balaban J connectivity index is 0.812. The highest BCUT2D eigenvalue weighted by molar-refractivity contribution is 5.84. The second-order valence-electron chi connectivity index (χ2n) is 30.9. The fraction of sp³-hybridized carbons (Fsp3) is 0.955. The quantitative estimate of drug-likeness (QED) is 0.0261. The zero-order chi connectivity index (χ0) is 71.9. The number of hydrogen-bond donors (Lipinski definition) is 16. The lowest BCUT2D eigenvalue weighted by Gasteiger charge is -2.60. The van der Waals surface area contributed by atoms with Crippen molar-refractivity contribution in [1.82, 2.24) is 0 Å². The molecule has 11 aliphatic rings. The highest BCUT2D eigenvalue weighted by Gasteiger charge is 2.78. The Morgan fingerprint density at radius 1 is 0.535 bits per heavy atom. The summed E-state index contributed by atoms with van der Waals surface area (Å²) in [4.78, 5) is 14.6. The Labute approximate surface area is 575 Å². The van der Waals surface area contributed by atoms with Gasteiger partial charge in [-0.05, 0) is 99.7 Å². The van der Waals surface area contributed by atoms with Crippen LogP contribution in [0, 0.1) is 45.8 Å². The molecule has 570 valence electrons. The number of cyclic esters (lactones) is 1. The summed E-state index contributed by atoms with van der Waals surface area (Å²) in [7, 11) is 2.42. The molecular weight excluding hydrogens is 1320 g/mol. The standard InChI is InChI=1S/C67H110O32/c1-26(2)11-10-17-66(7)38-16-18-65(6)31-14-13-30-28(29(31)19-39(72)67(38,65)63(84)99-66)12-15-40(64(30,4)5)95-62-57(45(77)37(25-88-62)94-59-49(81)47(79)53(35(23-71)93-59)87-24-36-44(76)54(85-8)41(73)32(20-68)90-36)98-58-48(80)46(78)52(27(3)89-58)96-61-51(83)56(43(75)34(22-70)92-61)97-60-50(82)55(86-9)42(74)33(21-69)91-60/h19,26-28,30-62,68-83H,10-18,20-25H2,1-9H3/t27-,28+,30-,31+,32-,33-,34-,35-,36+,37-,38-,39+,40-,41-,42-,43-,44+,45+,46-,47-,48-,49-,50-,51-,52-,53-,54+,55+,56+,57-,58+,59+,60+,61+,62+,65+,66+,67-/m1/s1. The van der Waals surface area contributed by atoms with Gasteiger partial charge < -0.3 is 153 Å². The van der Waals surface area contributed by atoms with Crippen molar-refractivity contribution in [2.45, 2.75) is 302 Å². The topological polar surface area (TPSA) is 479 Å². The molecule has 7 aliphatic heterocycles. The van der Waals surface area contributed by atoms with Gasteiger partial charge in [0.2, 0.25) is 0 Å². The maximum absolute atomic E-state index is 14.6. The van der Waals surface area contributed by atoms with E-state index in [0.29, 0.717) is 18.8 Å². The van der Waals surface area contributed by atoms with Gasteiger partial charge in [-0.15, -0.1) is 0 Å². The van der Waals surface area contributed by atoms with E-state index in [0.717, 1.165) is 50.5 Å². The van der Waals surface area contributed by atoms with Gasteiger partial charge in [0.25, 0.3) is 0 Å². The first-order chi connectivity index (χ1) is 46.9. The second-order valence-corrected chi connectivity index (χ2v) is 30.9. The summed E-state index contributed by atoms with van der Waals surface area (Å²) in [5.41, 5.74) is -1.88. The van der Waals surface area contributed by atoms with Crippen molar-refractivity contribution in [3.05, 3.63) is 11.6 Å². The maximum atomic E-state index is 14.6. The van der Waals surface area contributed by atoms with Gasteiger partial charge in [-0.25, -0.2) is 0 Å². The fourth-order valence-electron chi connectivity index (χ4n) is 19.1. The minimum absolute atomic E-state index is 0.00205. The van der Waals surface area contributed by atoms with Gasteiger partial charge in [0.1, 0.15) is 151 Å². The minimum Gasteiger partial charge on any atom is -0.459 e. The number of aliphatic hydroxyl groups is 16. The average molecular weight is 1430 g/mol. The van der Waals surface area contributed by atoms with E-state index < -0.39 is 252 Å². The smallest absolute Gasteiger partial charge is 0.316 e. The van der Waals surface area contributed by atoms with Crippen LogP contribution in [0.4, 0.5) is 0 Å². The average Bonchev–Trinajstić information content (AvgIpc) is 1.54. The molecule has 38 atom stereocenters. The van der Waals surface area contributed by atoms with Crippen LogP contribution in [0.3, 0.4) is 0 Å². The van der Waals surface area contributed by atoms with Crippen molar-refractivity contribution in [3.63, 3.8) is 0 Å². The van der Waals surface area contributed by atoms with Crippen LogP contribution in [0.5, 0.6) is 0 Å². The van der Waals surface area contributed by atoms with Crippen LogP contribution in [0.1, 0.15) is 106 Å². The molecule has 16 N–H and O–H groups in total. The third kappa shape index (κ3) is 13.9. The van der Waals surface area contributed by atoms with E-state index in [1.165, 1.54) is 21.1 Å². The van der Waals surface area contributed by atoms with E-state index in [4.69, 9.17) is 71.1 Å². The number of aliphatic hydroxyl groups excluding tert-OH is 16. The van der Waals surface area contributed by atoms with Crippen LogP contribution in [0.25, 0.3) is 0 Å². The van der Waals surface area contributed by atoms with E-state index in [1.807, 2.05) is 13.0 Å². The molecule has 0 bridgehead atoms. The molecule has 0 unspecified atom stereocenters. The second kappa shape index (κ2) is 31.1. The lowest BCUT2D eigenvalue weighted by molar-refractivity contribution is -0.394. The molecule has 32 heteroatoms. The third-order valence-corrected chi connectivity index (χ3v) is 24.6. The normalized spacial score (nSPS) is 52.2. The van der Waals surface area contributed by atoms with E-state index in [-0.39, 0.29) is 29.6 Å². The van der Waals surface area contributed by atoms with Crippen LogP contribution in [-0.4, -0.2) is 337 Å². The summed E-state index contributed by atoms with van der Waals surface area (Å²) in [6, 6.07) is 0. The molecule has 11 rings (SSSR count). The van der Waals surface area contributed by atoms with Crippen molar-refractivity contribution in [2.75, 3.05) is 53.9 Å². The van der Waals surface area contributed by atoms with Crippen LogP contribution < -0.4 is 0 Å². The Morgan fingerprint density at radius 2 is 1.07 bits per heavy atom. The number of hydrogen-bond acceptors (Lipinski definition) is 32. The molecular formula is C67H110O32. The van der Waals surface area contributed by atoms with E-state index in [9.17, 15) is 86.5 Å². The maximum Gasteiger partial charge on any atom is 0.316 e. The van der Waals surface area contributed by atoms with Crippen LogP contribution in [-0.2, 0) is 75.8 Å². The first kappa shape index (κ1) is 78.1. The lowest BCUT2D eigenvalue weighted by atomic mass is 9.44. The van der Waals surface area contributed by atoms with E-state index in [2.05, 4.69) is 34.6 Å². The first-order valence-corrected chi connectivity index (χ1v) is 35.3. The van der Waals surface area contributed by atoms with Crippen molar-refractivity contribution in [3.8, 4) is 0 Å². The summed E-state index contributed by atoms with van der Waals surface area (Å²) in [6.45, 7) is 10.1. The Bertz CT molecular complexity index is 2700. The molecule has 0 amide bonds. The Morgan fingerprint density at radius 3 is 1.69 bits per heavy atom. The third-order valence-electron chi connectivity index (χ3n) is 24.6. The summed E-state index contributed by atoms with van der Waals surface area (Å²) >= 11 is 0. The molecule has 0 aromatic carbocycles. The van der Waals surface area contributed by atoms with Crippen LogP contribution in [0.15, 0.2) is 11.6 Å². The van der Waals surface area contributed by atoms with Gasteiger partial charge in [-0.3, -0.25) is 4.79 Å². The van der Waals surface area contributed by atoms with Crippen LogP contribution >= 0.6 is 0 Å². The molecule has 7 saturated heterocycles. The van der Waals surface area contributed by atoms with Crippen LogP contribution in [0.2, 0.25) is 0 Å². The van der Waals surface area contributed by atoms with Crippen molar-refractivity contribution in [2.24, 2.45) is 45.8 Å². The zero-order valence-corrected chi connectivity index (χ0v) is 57.7. The predicted molar refractivity (Wildman–Crippen MR) is 332 cm³/mol. The van der Waals surface area contributed by atoms with Gasteiger partial charge in [0.05, 0.1) is 58.0 Å². The highest BCUT2D eigenvalue weighted by Crippen LogP contribution is 2.74. The largest absolute Gasteiger partial charge is 0.459 e. The molecule has 10 fully saturated rings.